The van der Waals surface area contributed by atoms with Gasteiger partial charge in [0, 0.05) is 6.42 Å². The van der Waals surface area contributed by atoms with Gasteiger partial charge >= 0.3 is 0 Å². The zero-order chi connectivity index (χ0) is 61.2. The highest BCUT2D eigenvalue weighted by Crippen LogP contribution is 2.33. The van der Waals surface area contributed by atoms with Crippen molar-refractivity contribution < 1.29 is 89.4 Å². The van der Waals surface area contributed by atoms with Crippen LogP contribution in [0.25, 0.3) is 0 Å². The monoisotopic (exact) mass is 1200 g/mol. The van der Waals surface area contributed by atoms with Crippen LogP contribution in [0, 0.1) is 0 Å². The lowest BCUT2D eigenvalue weighted by atomic mass is 9.96. The van der Waals surface area contributed by atoms with E-state index in [2.05, 4.69) is 43.5 Å². The van der Waals surface area contributed by atoms with Gasteiger partial charge in [0.1, 0.15) is 73.2 Å². The summed E-state index contributed by atoms with van der Waals surface area (Å²) in [6.45, 7) is 1.71. The number of nitrogens with one attached hydrogen (secondary N) is 1. The van der Waals surface area contributed by atoms with Crippen LogP contribution in [0.1, 0.15) is 251 Å². The molecule has 84 heavy (non-hydrogen) atoms. The molecule has 0 bridgehead atoms. The third-order valence-electron chi connectivity index (χ3n) is 17.0. The quantitative estimate of drug-likeness (QED) is 0.0204. The summed E-state index contributed by atoms with van der Waals surface area (Å²) in [4.78, 5) is 13.3. The average Bonchev–Trinajstić information content (AvgIpc) is 2.27. The lowest BCUT2D eigenvalue weighted by molar-refractivity contribution is -0.379. The van der Waals surface area contributed by atoms with Gasteiger partial charge in [0.25, 0.3) is 0 Å². The Kier molecular flexibility index (Phi) is 43.9. The van der Waals surface area contributed by atoms with Crippen LogP contribution in [0.5, 0.6) is 0 Å². The Bertz CT molecular complexity index is 1630. The molecule has 12 N–H and O–H groups in total. The zero-order valence-electron chi connectivity index (χ0n) is 51.9. The first-order valence-corrected chi connectivity index (χ1v) is 33.6. The van der Waals surface area contributed by atoms with Gasteiger partial charge < -0.3 is 89.9 Å². The molecule has 0 aromatic heterocycles. The van der Waals surface area contributed by atoms with Crippen LogP contribution in [0.15, 0.2) is 24.3 Å². The van der Waals surface area contributed by atoms with Crippen LogP contribution in [0.3, 0.4) is 0 Å². The van der Waals surface area contributed by atoms with E-state index in [0.717, 1.165) is 64.2 Å². The van der Waals surface area contributed by atoms with Gasteiger partial charge in [-0.2, -0.15) is 0 Å². The molecule has 17 atom stereocenters. The van der Waals surface area contributed by atoms with E-state index in [1.807, 2.05) is 0 Å². The minimum atomic E-state index is -1.97. The highest BCUT2D eigenvalue weighted by atomic mass is 16.8. The highest BCUT2D eigenvalue weighted by Gasteiger charge is 2.53. The lowest BCUT2D eigenvalue weighted by Gasteiger charge is -2.48. The molecule has 17 unspecified atom stereocenters. The SMILES string of the molecule is CCCCCCC/C=C\C/C=C\CCCCCCCCCCCCCCCCCCCCCCCC(=O)NC(COC1OC(CO)C(OC2OC(CO)C(OC3OC(CO)C(O)C(O)C3O)C(O)C2O)C(O)C1O)C(O)CCCCCCCC. The fraction of sp³-hybridized carbons (Fsp3) is 0.923. The zero-order valence-corrected chi connectivity index (χ0v) is 51.9. The van der Waals surface area contributed by atoms with Crippen molar-refractivity contribution in [3.05, 3.63) is 24.3 Å². The standard InChI is InChI=1S/C65H121NO18/c1-3-5-7-9-11-12-13-14-15-16-17-18-19-20-21-22-23-24-25-26-27-28-29-30-31-32-33-34-35-36-37-39-41-43-53(71)66-48(49(70)42-40-38-10-8-6-4-2)47-79-63-59(77)56(74)61(51(45-68)81-63)84-65-60(78)57(75)62(52(46-69)82-65)83-64-58(76)55(73)54(72)50(44-67)80-64/h13-14,16-17,48-52,54-65,67-70,72-78H,3-12,15,18-47H2,1-2H3,(H,66,71)/b14-13-,17-16-. The molecule has 0 aromatic carbocycles. The highest BCUT2D eigenvalue weighted by molar-refractivity contribution is 5.76. The van der Waals surface area contributed by atoms with Crippen molar-refractivity contribution >= 4 is 5.91 Å². The van der Waals surface area contributed by atoms with E-state index in [-0.39, 0.29) is 18.9 Å². The molecule has 19 heteroatoms. The molecule has 3 saturated heterocycles. The van der Waals surface area contributed by atoms with Crippen LogP contribution >= 0.6 is 0 Å². The van der Waals surface area contributed by atoms with Crippen LogP contribution in [0.4, 0.5) is 0 Å². The van der Waals surface area contributed by atoms with E-state index in [4.69, 9.17) is 28.4 Å². The predicted molar refractivity (Wildman–Crippen MR) is 323 cm³/mol. The number of hydrogen-bond donors (Lipinski definition) is 12. The first-order valence-electron chi connectivity index (χ1n) is 33.6. The molecule has 0 aliphatic carbocycles. The number of aliphatic hydroxyl groups is 11. The van der Waals surface area contributed by atoms with Crippen LogP contribution in [-0.2, 0) is 33.2 Å². The Morgan fingerprint density at radius 1 is 0.429 bits per heavy atom. The predicted octanol–water partition coefficient (Wildman–Crippen LogP) is 7.88. The Hall–Kier alpha value is -1.73. The van der Waals surface area contributed by atoms with Crippen molar-refractivity contribution in [3.8, 4) is 0 Å². The van der Waals surface area contributed by atoms with Gasteiger partial charge in [0.05, 0.1) is 38.6 Å². The maximum Gasteiger partial charge on any atom is 0.220 e. The van der Waals surface area contributed by atoms with Crippen molar-refractivity contribution in [2.45, 2.75) is 356 Å². The van der Waals surface area contributed by atoms with E-state index in [9.17, 15) is 61.0 Å². The van der Waals surface area contributed by atoms with Crippen molar-refractivity contribution in [3.63, 3.8) is 0 Å². The number of unbranched alkanes of at least 4 members (excludes halogenated alkanes) is 31. The molecule has 0 aromatic rings. The topological polar surface area (TPSA) is 307 Å². The number of rotatable bonds is 51. The van der Waals surface area contributed by atoms with Crippen molar-refractivity contribution in [1.82, 2.24) is 5.32 Å². The summed E-state index contributed by atoms with van der Waals surface area (Å²) in [5.74, 6) is -0.245. The molecule has 19 nitrogen and oxygen atoms in total. The summed E-state index contributed by atoms with van der Waals surface area (Å²) in [6, 6.07) is -0.880. The van der Waals surface area contributed by atoms with Crippen LogP contribution < -0.4 is 5.32 Å². The van der Waals surface area contributed by atoms with Gasteiger partial charge in [-0.15, -0.1) is 0 Å². The van der Waals surface area contributed by atoms with E-state index in [1.54, 1.807) is 0 Å². The fourth-order valence-electron chi connectivity index (χ4n) is 11.5. The molecule has 0 radical (unpaired) electrons. The second-order valence-corrected chi connectivity index (χ2v) is 24.3. The van der Waals surface area contributed by atoms with Gasteiger partial charge in [0.15, 0.2) is 18.9 Å². The Morgan fingerprint density at radius 3 is 1.21 bits per heavy atom. The lowest BCUT2D eigenvalue weighted by Crippen LogP contribution is -2.66. The molecular formula is C65H121NO18. The van der Waals surface area contributed by atoms with Crippen LogP contribution in [-0.4, -0.2) is 193 Å². The van der Waals surface area contributed by atoms with Gasteiger partial charge in [-0.25, -0.2) is 0 Å². The summed E-state index contributed by atoms with van der Waals surface area (Å²) >= 11 is 0. The Balaban J connectivity index is 1.28. The molecule has 3 aliphatic rings. The minimum Gasteiger partial charge on any atom is -0.394 e. The van der Waals surface area contributed by atoms with E-state index < -0.39 is 124 Å². The fourth-order valence-corrected chi connectivity index (χ4v) is 11.5. The second-order valence-electron chi connectivity index (χ2n) is 24.3. The number of hydrogen-bond acceptors (Lipinski definition) is 18. The third-order valence-corrected chi connectivity index (χ3v) is 17.0. The van der Waals surface area contributed by atoms with Gasteiger partial charge in [-0.1, -0.05) is 224 Å². The first kappa shape index (κ1) is 76.5. The summed E-state index contributed by atoms with van der Waals surface area (Å²) in [5.41, 5.74) is 0. The van der Waals surface area contributed by atoms with E-state index in [0.29, 0.717) is 12.8 Å². The molecule has 3 rings (SSSR count). The summed E-state index contributed by atoms with van der Waals surface area (Å²) in [5, 5.41) is 120. The van der Waals surface area contributed by atoms with E-state index in [1.165, 1.54) is 154 Å². The maximum atomic E-state index is 13.3. The smallest absolute Gasteiger partial charge is 0.220 e. The molecule has 3 heterocycles. The first-order chi connectivity index (χ1) is 40.8. The molecule has 1 amide bonds. The second kappa shape index (κ2) is 48.2. The number of amides is 1. The summed E-state index contributed by atoms with van der Waals surface area (Å²) < 4.78 is 34.2. The maximum absolute atomic E-state index is 13.3. The molecule has 494 valence electrons. The largest absolute Gasteiger partial charge is 0.394 e. The number of ether oxygens (including phenoxy) is 6. The Labute approximate surface area is 505 Å². The molecule has 0 saturated carbocycles. The normalized spacial score (nSPS) is 29.3. The summed E-state index contributed by atoms with van der Waals surface area (Å²) in [7, 11) is 0. The van der Waals surface area contributed by atoms with Crippen molar-refractivity contribution in [2.24, 2.45) is 0 Å². The number of carbonyl (C=O) groups excluding carboxylic acids is 1. The van der Waals surface area contributed by atoms with Crippen molar-refractivity contribution in [1.29, 1.82) is 0 Å². The molecular weight excluding hydrogens is 1080 g/mol. The van der Waals surface area contributed by atoms with Gasteiger partial charge in [-0.3, -0.25) is 4.79 Å². The van der Waals surface area contributed by atoms with Crippen molar-refractivity contribution in [2.75, 3.05) is 26.4 Å². The number of aliphatic hydroxyl groups excluding tert-OH is 11. The summed E-state index contributed by atoms with van der Waals surface area (Å²) in [6.07, 6.45) is 26.4. The van der Waals surface area contributed by atoms with Gasteiger partial charge in [-0.05, 0) is 44.9 Å². The number of carbonyl (C=O) groups is 1. The average molecular weight is 1200 g/mol. The number of allylic oxidation sites excluding steroid dienone is 4. The Morgan fingerprint density at radius 2 is 0.786 bits per heavy atom. The van der Waals surface area contributed by atoms with Gasteiger partial charge in [0.2, 0.25) is 5.91 Å². The van der Waals surface area contributed by atoms with E-state index >= 15 is 0 Å². The molecule has 3 fully saturated rings. The third kappa shape index (κ3) is 30.7. The molecule has 0 spiro atoms. The molecule has 3 aliphatic heterocycles. The minimum absolute atomic E-state index is 0.245. The van der Waals surface area contributed by atoms with Crippen LogP contribution in [0.2, 0.25) is 0 Å².